The molecular weight excluding hydrogens is 596 g/mol. The first-order valence-corrected chi connectivity index (χ1v) is 17.0. The molecule has 1 aliphatic carbocycles. The number of ether oxygens (including phenoxy) is 3. The summed E-state index contributed by atoms with van der Waals surface area (Å²) >= 11 is 0. The smallest absolute Gasteiger partial charge is 0.410 e. The van der Waals surface area contributed by atoms with E-state index in [1.807, 2.05) is 20.8 Å². The summed E-state index contributed by atoms with van der Waals surface area (Å²) in [5.74, 6) is -1.99. The summed E-state index contributed by atoms with van der Waals surface area (Å²) in [6, 6.07) is 0. The van der Waals surface area contributed by atoms with Gasteiger partial charge in [-0.2, -0.15) is 0 Å². The van der Waals surface area contributed by atoms with E-state index in [2.05, 4.69) is 10.6 Å². The SMILES string of the molecule is CC(=O)N[C@H](CC(=O)OCCC(=O)OC1CCCCC1)NC(=O)[C@@H]1CCCN(C(=O)CCC2CCN(C(=O)OC(C)(C)C)CC2)C1. The maximum Gasteiger partial charge on any atom is 0.410 e. The average Bonchev–Trinajstić information content (AvgIpc) is 2.99. The highest BCUT2D eigenvalue weighted by Crippen LogP contribution is 2.25. The lowest BCUT2D eigenvalue weighted by atomic mass is 9.91. The molecule has 0 radical (unpaired) electrons. The number of hydrogen-bond donors (Lipinski definition) is 2. The zero-order chi connectivity index (χ0) is 33.7. The van der Waals surface area contributed by atoms with Crippen LogP contribution in [0.25, 0.3) is 0 Å². The maximum absolute atomic E-state index is 13.2. The van der Waals surface area contributed by atoms with E-state index in [9.17, 15) is 28.8 Å². The Bertz CT molecular complexity index is 1060. The number of nitrogens with one attached hydrogen (secondary N) is 2. The molecule has 4 amide bonds. The first-order chi connectivity index (χ1) is 21.8. The van der Waals surface area contributed by atoms with Crippen molar-refractivity contribution in [2.75, 3.05) is 32.8 Å². The van der Waals surface area contributed by atoms with Crippen LogP contribution in [0.15, 0.2) is 0 Å². The van der Waals surface area contributed by atoms with Crippen molar-refractivity contribution in [3.05, 3.63) is 0 Å². The topological polar surface area (TPSA) is 161 Å². The van der Waals surface area contributed by atoms with E-state index >= 15 is 0 Å². The van der Waals surface area contributed by atoms with Crippen molar-refractivity contribution in [1.82, 2.24) is 20.4 Å². The van der Waals surface area contributed by atoms with Gasteiger partial charge in [-0.3, -0.25) is 24.0 Å². The monoisotopic (exact) mass is 650 g/mol. The predicted molar refractivity (Wildman–Crippen MR) is 168 cm³/mol. The molecule has 260 valence electrons. The molecule has 2 N–H and O–H groups in total. The first kappa shape index (κ1) is 37.1. The molecule has 3 rings (SSSR count). The number of piperidine rings is 2. The Morgan fingerprint density at radius 2 is 1.50 bits per heavy atom. The second-order valence-electron chi connectivity index (χ2n) is 13.8. The molecule has 46 heavy (non-hydrogen) atoms. The second kappa shape index (κ2) is 18.1. The van der Waals surface area contributed by atoms with Crippen molar-refractivity contribution >= 4 is 35.8 Å². The van der Waals surface area contributed by atoms with Gasteiger partial charge in [0.05, 0.1) is 18.8 Å². The molecule has 2 aliphatic heterocycles. The van der Waals surface area contributed by atoms with Crippen molar-refractivity contribution in [2.24, 2.45) is 11.8 Å². The van der Waals surface area contributed by atoms with Gasteiger partial charge in [0.2, 0.25) is 17.7 Å². The van der Waals surface area contributed by atoms with E-state index in [4.69, 9.17) is 14.2 Å². The highest BCUT2D eigenvalue weighted by molar-refractivity contribution is 5.83. The van der Waals surface area contributed by atoms with Gasteiger partial charge in [0.1, 0.15) is 24.5 Å². The van der Waals surface area contributed by atoms with Crippen LogP contribution in [-0.2, 0) is 38.2 Å². The van der Waals surface area contributed by atoms with Crippen molar-refractivity contribution < 1.29 is 43.0 Å². The molecule has 0 aromatic carbocycles. The maximum atomic E-state index is 13.2. The zero-order valence-corrected chi connectivity index (χ0v) is 28.1. The molecule has 0 bridgehead atoms. The summed E-state index contributed by atoms with van der Waals surface area (Å²) in [5, 5.41) is 5.30. The summed E-state index contributed by atoms with van der Waals surface area (Å²) in [5.41, 5.74) is -0.535. The molecule has 0 spiro atoms. The van der Waals surface area contributed by atoms with Crippen LogP contribution in [0.2, 0.25) is 0 Å². The fourth-order valence-corrected chi connectivity index (χ4v) is 6.21. The normalized spacial score (nSPS) is 20.3. The number of rotatable bonds is 12. The fraction of sp³-hybridized carbons (Fsp3) is 0.818. The van der Waals surface area contributed by atoms with Gasteiger partial charge in [-0.1, -0.05) is 6.42 Å². The van der Waals surface area contributed by atoms with Crippen molar-refractivity contribution in [1.29, 1.82) is 0 Å². The Morgan fingerprint density at radius 3 is 2.15 bits per heavy atom. The molecule has 13 heteroatoms. The number of carbonyl (C=O) groups is 6. The highest BCUT2D eigenvalue weighted by Gasteiger charge is 2.32. The zero-order valence-electron chi connectivity index (χ0n) is 28.1. The van der Waals surface area contributed by atoms with Gasteiger partial charge in [0.25, 0.3) is 0 Å². The van der Waals surface area contributed by atoms with Crippen LogP contribution in [0.1, 0.15) is 111 Å². The summed E-state index contributed by atoms with van der Waals surface area (Å²) in [7, 11) is 0. The Kier molecular flexibility index (Phi) is 14.6. The van der Waals surface area contributed by atoms with Gasteiger partial charge in [-0.25, -0.2) is 4.79 Å². The standard InChI is InChI=1S/C33H54N4O9/c1-23(38)34-27(21-30(41)44-20-16-29(40)45-26-10-6-5-7-11-26)35-31(42)25-9-8-17-37(22-25)28(39)13-12-24-14-18-36(19-15-24)32(43)46-33(2,3)4/h24-27H,5-22H2,1-4H3,(H,34,38)(H,35,42)/t25-,27+/m1/s1. The third-order valence-corrected chi connectivity index (χ3v) is 8.66. The quantitative estimate of drug-likeness (QED) is 0.183. The third kappa shape index (κ3) is 13.5. The Balaban J connectivity index is 1.38. The average molecular weight is 651 g/mol. The lowest BCUT2D eigenvalue weighted by molar-refractivity contribution is -0.154. The summed E-state index contributed by atoms with van der Waals surface area (Å²) in [6.45, 7) is 8.73. The number of likely N-dealkylation sites (tertiary alicyclic amines) is 2. The van der Waals surface area contributed by atoms with Gasteiger partial charge in [-0.15, -0.1) is 0 Å². The molecule has 0 unspecified atom stereocenters. The lowest BCUT2D eigenvalue weighted by Crippen LogP contribution is -2.53. The minimum atomic E-state index is -0.982. The molecule has 13 nitrogen and oxygen atoms in total. The van der Waals surface area contributed by atoms with E-state index in [-0.39, 0.29) is 50.0 Å². The Labute approximate surface area is 272 Å². The Hall–Kier alpha value is -3.38. The van der Waals surface area contributed by atoms with Gasteiger partial charge >= 0.3 is 18.0 Å². The van der Waals surface area contributed by atoms with Crippen LogP contribution in [0.3, 0.4) is 0 Å². The molecule has 2 saturated heterocycles. The number of hydrogen-bond acceptors (Lipinski definition) is 9. The van der Waals surface area contributed by atoms with Crippen molar-refractivity contribution in [3.8, 4) is 0 Å². The summed E-state index contributed by atoms with van der Waals surface area (Å²) in [4.78, 5) is 78.3. The molecule has 3 fully saturated rings. The lowest BCUT2D eigenvalue weighted by Gasteiger charge is -2.35. The molecule has 3 aliphatic rings. The van der Waals surface area contributed by atoms with Crippen LogP contribution < -0.4 is 10.6 Å². The fourth-order valence-electron chi connectivity index (χ4n) is 6.21. The van der Waals surface area contributed by atoms with E-state index in [0.29, 0.717) is 44.8 Å². The molecule has 1 saturated carbocycles. The van der Waals surface area contributed by atoms with E-state index < -0.39 is 35.5 Å². The van der Waals surface area contributed by atoms with Crippen LogP contribution in [0, 0.1) is 11.8 Å². The number of nitrogens with zero attached hydrogens (tertiary/aromatic N) is 2. The van der Waals surface area contributed by atoms with Gasteiger partial charge < -0.3 is 34.6 Å². The molecule has 2 heterocycles. The third-order valence-electron chi connectivity index (χ3n) is 8.66. The van der Waals surface area contributed by atoms with Crippen molar-refractivity contribution in [2.45, 2.75) is 129 Å². The van der Waals surface area contributed by atoms with Crippen LogP contribution in [-0.4, -0.2) is 96.2 Å². The van der Waals surface area contributed by atoms with Gasteiger partial charge in [0, 0.05) is 39.5 Å². The summed E-state index contributed by atoms with van der Waals surface area (Å²) in [6.07, 6.45) is 7.20. The van der Waals surface area contributed by atoms with Crippen LogP contribution >= 0.6 is 0 Å². The molecule has 0 aromatic heterocycles. The van der Waals surface area contributed by atoms with Crippen LogP contribution in [0.5, 0.6) is 0 Å². The number of amides is 4. The minimum absolute atomic E-state index is 0.00364. The number of esters is 2. The molecular formula is C33H54N4O9. The molecule has 2 atom stereocenters. The minimum Gasteiger partial charge on any atom is -0.465 e. The van der Waals surface area contributed by atoms with Crippen LogP contribution in [0.4, 0.5) is 4.79 Å². The predicted octanol–water partition coefficient (Wildman–Crippen LogP) is 3.43. The van der Waals surface area contributed by atoms with E-state index in [1.165, 1.54) is 6.92 Å². The largest absolute Gasteiger partial charge is 0.465 e. The Morgan fingerprint density at radius 1 is 0.804 bits per heavy atom. The van der Waals surface area contributed by atoms with E-state index in [1.54, 1.807) is 9.80 Å². The summed E-state index contributed by atoms with van der Waals surface area (Å²) < 4.78 is 16.1. The van der Waals surface area contributed by atoms with Gasteiger partial charge in [-0.05, 0) is 84.5 Å². The van der Waals surface area contributed by atoms with E-state index in [0.717, 1.165) is 51.4 Å². The van der Waals surface area contributed by atoms with Gasteiger partial charge in [0.15, 0.2) is 0 Å². The second-order valence-corrected chi connectivity index (χ2v) is 13.8. The highest BCUT2D eigenvalue weighted by atomic mass is 16.6. The first-order valence-electron chi connectivity index (χ1n) is 17.0. The molecule has 0 aromatic rings. The number of carbonyl (C=O) groups excluding carboxylic acids is 6. The van der Waals surface area contributed by atoms with Crippen molar-refractivity contribution in [3.63, 3.8) is 0 Å².